The molecule has 2 saturated heterocycles. The summed E-state index contributed by atoms with van der Waals surface area (Å²) in [5, 5.41) is 0. The zero-order valence-corrected chi connectivity index (χ0v) is 12.3. The molecule has 3 heteroatoms. The number of hydrogen-bond acceptors (Lipinski definition) is 3. The summed E-state index contributed by atoms with van der Waals surface area (Å²) in [7, 11) is 0. The van der Waals surface area contributed by atoms with Crippen molar-refractivity contribution in [2.75, 3.05) is 24.6 Å². The quantitative estimate of drug-likeness (QED) is 0.853. The number of thioether (sulfide) groups is 1. The van der Waals surface area contributed by atoms with E-state index >= 15 is 0 Å². The Hall–Kier alpha value is 0.270. The molecule has 0 aromatic heterocycles. The molecule has 2 heterocycles. The Kier molecular flexibility index (Phi) is 4.53. The van der Waals surface area contributed by atoms with Gasteiger partial charge in [-0.25, -0.2) is 0 Å². The van der Waals surface area contributed by atoms with Crippen LogP contribution in [-0.4, -0.2) is 41.6 Å². The molecule has 0 radical (unpaired) electrons. The lowest BCUT2D eigenvalue weighted by molar-refractivity contribution is 0.101. The molecular weight excluding hydrogens is 240 g/mol. The monoisotopic (exact) mass is 268 g/mol. The van der Waals surface area contributed by atoms with Crippen molar-refractivity contribution in [2.24, 2.45) is 17.6 Å². The van der Waals surface area contributed by atoms with Crippen LogP contribution in [0.4, 0.5) is 0 Å². The SMILES string of the molecule is NCC(C1CCCSC1)N1CCC2CCCCC21. The van der Waals surface area contributed by atoms with Gasteiger partial charge in [-0.05, 0) is 62.0 Å². The number of rotatable bonds is 3. The minimum atomic E-state index is 0.686. The lowest BCUT2D eigenvalue weighted by Crippen LogP contribution is -2.50. The van der Waals surface area contributed by atoms with Crippen LogP contribution in [0.2, 0.25) is 0 Å². The number of hydrogen-bond donors (Lipinski definition) is 1. The Morgan fingerprint density at radius 2 is 2.00 bits per heavy atom. The molecule has 4 unspecified atom stereocenters. The largest absolute Gasteiger partial charge is 0.329 e. The van der Waals surface area contributed by atoms with E-state index in [4.69, 9.17) is 5.73 Å². The van der Waals surface area contributed by atoms with Crippen LogP contribution in [0, 0.1) is 11.8 Å². The van der Waals surface area contributed by atoms with Crippen LogP contribution in [0.5, 0.6) is 0 Å². The van der Waals surface area contributed by atoms with E-state index in [2.05, 4.69) is 16.7 Å². The van der Waals surface area contributed by atoms with E-state index in [0.717, 1.165) is 24.4 Å². The van der Waals surface area contributed by atoms with Crippen LogP contribution < -0.4 is 5.73 Å². The molecule has 18 heavy (non-hydrogen) atoms. The topological polar surface area (TPSA) is 29.3 Å². The van der Waals surface area contributed by atoms with Gasteiger partial charge in [0.2, 0.25) is 0 Å². The Morgan fingerprint density at radius 3 is 2.78 bits per heavy atom. The molecule has 0 aromatic carbocycles. The second kappa shape index (κ2) is 6.15. The van der Waals surface area contributed by atoms with E-state index in [1.165, 1.54) is 63.0 Å². The number of nitrogens with zero attached hydrogens (tertiary/aromatic N) is 1. The van der Waals surface area contributed by atoms with Gasteiger partial charge in [-0.15, -0.1) is 0 Å². The molecule has 3 rings (SSSR count). The van der Waals surface area contributed by atoms with Crippen LogP contribution in [-0.2, 0) is 0 Å². The van der Waals surface area contributed by atoms with Gasteiger partial charge in [-0.2, -0.15) is 11.8 Å². The Bertz CT molecular complexity index is 265. The Labute approximate surface area is 116 Å². The van der Waals surface area contributed by atoms with Crippen molar-refractivity contribution in [3.05, 3.63) is 0 Å². The summed E-state index contributed by atoms with van der Waals surface area (Å²) >= 11 is 2.15. The summed E-state index contributed by atoms with van der Waals surface area (Å²) in [6.45, 7) is 2.22. The first kappa shape index (κ1) is 13.3. The third-order valence-corrected chi connectivity index (χ3v) is 6.70. The number of likely N-dealkylation sites (tertiary alicyclic amines) is 1. The molecule has 2 nitrogen and oxygen atoms in total. The van der Waals surface area contributed by atoms with Gasteiger partial charge >= 0.3 is 0 Å². The smallest absolute Gasteiger partial charge is 0.0257 e. The molecule has 0 bridgehead atoms. The minimum Gasteiger partial charge on any atom is -0.329 e. The van der Waals surface area contributed by atoms with Crippen LogP contribution in [0.1, 0.15) is 44.9 Å². The summed E-state index contributed by atoms with van der Waals surface area (Å²) in [4.78, 5) is 2.83. The van der Waals surface area contributed by atoms with Crippen molar-refractivity contribution in [1.29, 1.82) is 0 Å². The molecule has 104 valence electrons. The lowest BCUT2D eigenvalue weighted by atomic mass is 9.84. The highest BCUT2D eigenvalue weighted by atomic mass is 32.2. The molecule has 1 saturated carbocycles. The maximum atomic E-state index is 6.15. The fraction of sp³-hybridized carbons (Fsp3) is 1.00. The molecule has 2 aliphatic heterocycles. The van der Waals surface area contributed by atoms with E-state index in [0.29, 0.717) is 6.04 Å². The van der Waals surface area contributed by atoms with Crippen molar-refractivity contribution < 1.29 is 0 Å². The molecule has 3 fully saturated rings. The lowest BCUT2D eigenvalue weighted by Gasteiger charge is -2.41. The van der Waals surface area contributed by atoms with Crippen LogP contribution in [0.15, 0.2) is 0 Å². The molecular formula is C15H28N2S. The van der Waals surface area contributed by atoms with Gasteiger partial charge in [-0.1, -0.05) is 12.8 Å². The molecule has 3 aliphatic rings. The van der Waals surface area contributed by atoms with Crippen LogP contribution >= 0.6 is 11.8 Å². The van der Waals surface area contributed by atoms with Gasteiger partial charge in [0.1, 0.15) is 0 Å². The third-order valence-electron chi connectivity index (χ3n) is 5.46. The van der Waals surface area contributed by atoms with Crippen molar-refractivity contribution in [2.45, 2.75) is 57.0 Å². The molecule has 2 N–H and O–H groups in total. The highest BCUT2D eigenvalue weighted by Gasteiger charge is 2.40. The van der Waals surface area contributed by atoms with Gasteiger partial charge in [0.05, 0.1) is 0 Å². The van der Waals surface area contributed by atoms with Crippen LogP contribution in [0.3, 0.4) is 0 Å². The fourth-order valence-corrected chi connectivity index (χ4v) is 5.75. The summed E-state index contributed by atoms with van der Waals surface area (Å²) < 4.78 is 0. The molecule has 0 spiro atoms. The second-order valence-corrected chi connectivity index (χ2v) is 7.57. The van der Waals surface area contributed by atoms with E-state index in [1.54, 1.807) is 0 Å². The third kappa shape index (κ3) is 2.59. The summed E-state index contributed by atoms with van der Waals surface area (Å²) in [5.74, 6) is 4.61. The Balaban J connectivity index is 1.67. The first-order valence-electron chi connectivity index (χ1n) is 7.93. The predicted octanol–water partition coefficient (Wildman–Crippen LogP) is 2.72. The van der Waals surface area contributed by atoms with Crippen molar-refractivity contribution in [1.82, 2.24) is 4.90 Å². The van der Waals surface area contributed by atoms with Gasteiger partial charge in [0, 0.05) is 18.6 Å². The molecule has 0 aromatic rings. The highest BCUT2D eigenvalue weighted by Crippen LogP contribution is 2.39. The normalized spacial score (nSPS) is 39.5. The van der Waals surface area contributed by atoms with E-state index < -0.39 is 0 Å². The zero-order chi connectivity index (χ0) is 12.4. The molecule has 1 aliphatic carbocycles. The van der Waals surface area contributed by atoms with Crippen molar-refractivity contribution in [3.63, 3.8) is 0 Å². The number of fused-ring (bicyclic) bond motifs is 1. The number of nitrogens with two attached hydrogens (primary N) is 1. The van der Waals surface area contributed by atoms with Crippen LogP contribution in [0.25, 0.3) is 0 Å². The average Bonchev–Trinajstić information content (AvgIpc) is 2.85. The van der Waals surface area contributed by atoms with Gasteiger partial charge < -0.3 is 5.73 Å². The standard InChI is InChI=1S/C15H28N2S/c16-10-15(13-5-3-9-18-11-13)17-8-7-12-4-1-2-6-14(12)17/h12-15H,1-11,16H2. The maximum absolute atomic E-state index is 6.15. The summed E-state index contributed by atoms with van der Waals surface area (Å²) in [6.07, 6.45) is 10.1. The van der Waals surface area contributed by atoms with Crippen molar-refractivity contribution >= 4 is 11.8 Å². The minimum absolute atomic E-state index is 0.686. The highest BCUT2D eigenvalue weighted by molar-refractivity contribution is 7.99. The molecule has 4 atom stereocenters. The van der Waals surface area contributed by atoms with Gasteiger partial charge in [0.15, 0.2) is 0 Å². The van der Waals surface area contributed by atoms with Gasteiger partial charge in [0.25, 0.3) is 0 Å². The van der Waals surface area contributed by atoms with Crippen molar-refractivity contribution in [3.8, 4) is 0 Å². The summed E-state index contributed by atoms with van der Waals surface area (Å²) in [5.41, 5.74) is 6.15. The second-order valence-electron chi connectivity index (χ2n) is 6.42. The zero-order valence-electron chi connectivity index (χ0n) is 11.5. The first-order chi connectivity index (χ1) is 8.90. The summed E-state index contributed by atoms with van der Waals surface area (Å²) in [6, 6.07) is 1.57. The van der Waals surface area contributed by atoms with Gasteiger partial charge in [-0.3, -0.25) is 4.90 Å². The van der Waals surface area contributed by atoms with E-state index in [9.17, 15) is 0 Å². The molecule has 0 amide bonds. The van der Waals surface area contributed by atoms with E-state index in [-0.39, 0.29) is 0 Å². The van der Waals surface area contributed by atoms with E-state index in [1.807, 2.05) is 0 Å². The predicted molar refractivity (Wildman–Crippen MR) is 80.0 cm³/mol. The Morgan fingerprint density at radius 1 is 1.11 bits per heavy atom. The first-order valence-corrected chi connectivity index (χ1v) is 9.09. The average molecular weight is 268 g/mol. The fourth-order valence-electron chi connectivity index (χ4n) is 4.52. The maximum Gasteiger partial charge on any atom is 0.0257 e.